The predicted molar refractivity (Wildman–Crippen MR) is 207 cm³/mol. The Morgan fingerprint density at radius 3 is 1.38 bits per heavy atom. The van der Waals surface area contributed by atoms with Gasteiger partial charge in [0.2, 0.25) is 0 Å². The standard InChI is InChI=1S/C45H32N4S/c1-2-47-44(35-27-31-41(32-28-35)49(38-20-11-5-12-21-38)39-22-13-6-14-23-39)43(46-45(47)42-24-15-33-50-42)34-25-29-40(30-26-34)48(36-16-7-3-8-17-36)37-18-9-4-10-19-37/h3-25,27,29,31,33H,2H2,1H3. The van der Waals surface area contributed by atoms with Gasteiger partial charge in [-0.2, -0.15) is 0 Å². The van der Waals surface area contributed by atoms with E-state index in [0.29, 0.717) is 0 Å². The molecule has 2 aliphatic carbocycles. The summed E-state index contributed by atoms with van der Waals surface area (Å²) in [5.74, 6) is 0.924. The van der Waals surface area contributed by atoms with Gasteiger partial charge in [-0.15, -0.1) is 11.3 Å². The van der Waals surface area contributed by atoms with E-state index >= 15 is 0 Å². The summed E-state index contributed by atoms with van der Waals surface area (Å²) in [6.07, 6.45) is 8.44. The summed E-state index contributed by atoms with van der Waals surface area (Å²) in [6.45, 7) is 2.90. The summed E-state index contributed by atoms with van der Waals surface area (Å²) in [5.41, 5.74) is 23.6. The molecule has 0 amide bonds. The second-order valence-corrected chi connectivity index (χ2v) is 12.6. The van der Waals surface area contributed by atoms with Gasteiger partial charge in [0.25, 0.3) is 0 Å². The van der Waals surface area contributed by atoms with Crippen LogP contribution in [0.3, 0.4) is 0 Å². The van der Waals surface area contributed by atoms with Gasteiger partial charge in [0.1, 0.15) is 5.69 Å². The van der Waals surface area contributed by atoms with Crippen LogP contribution in [-0.2, 0) is 6.54 Å². The van der Waals surface area contributed by atoms with Crippen molar-refractivity contribution in [1.29, 1.82) is 0 Å². The second kappa shape index (κ2) is 13.9. The van der Waals surface area contributed by atoms with Crippen LogP contribution in [0.4, 0.5) is 22.7 Å². The van der Waals surface area contributed by atoms with Crippen LogP contribution in [0.15, 0.2) is 197 Å². The number of aromatic nitrogens is 2. The molecule has 5 heteroatoms. The zero-order valence-electron chi connectivity index (χ0n) is 27.5. The average Bonchev–Trinajstić information content (AvgIpc) is 3.86. The molecule has 8 rings (SSSR count). The van der Waals surface area contributed by atoms with E-state index < -0.39 is 0 Å². The zero-order chi connectivity index (χ0) is 33.7. The fourth-order valence-corrected chi connectivity index (χ4v) is 6.99. The number of rotatable bonds is 10. The predicted octanol–water partition coefficient (Wildman–Crippen LogP) is 11.5. The first-order valence-electron chi connectivity index (χ1n) is 16.6. The maximum Gasteiger partial charge on any atom is 0.151 e. The second-order valence-electron chi connectivity index (χ2n) is 11.6. The summed E-state index contributed by atoms with van der Waals surface area (Å²) >= 11 is 1.69. The molecule has 2 heterocycles. The van der Waals surface area contributed by atoms with E-state index in [9.17, 15) is 0 Å². The molecular weight excluding hydrogens is 629 g/mol. The first-order valence-corrected chi connectivity index (χ1v) is 17.5. The van der Waals surface area contributed by atoms with Gasteiger partial charge >= 0.3 is 0 Å². The maximum absolute atomic E-state index is 5.28. The molecule has 50 heavy (non-hydrogen) atoms. The summed E-state index contributed by atoms with van der Waals surface area (Å²) < 4.78 is 2.27. The van der Waals surface area contributed by atoms with E-state index in [0.717, 1.165) is 73.9 Å². The molecule has 4 nitrogen and oxygen atoms in total. The van der Waals surface area contributed by atoms with Gasteiger partial charge in [-0.3, -0.25) is 0 Å². The number of thiophene rings is 1. The van der Waals surface area contributed by atoms with Gasteiger partial charge in [0.05, 0.1) is 33.1 Å². The fraction of sp³-hybridized carbons (Fsp3) is 0.0444. The SMILES string of the molecule is CCn1c(-c2cccs2)nc(C2=C=C=C(N(c3ccccc3)c3ccccc3)C=C2)c1C1=C=C=C(N(c2ccccc2)c2ccccc2)C=C1. The van der Waals surface area contributed by atoms with Gasteiger partial charge in [0, 0.05) is 29.3 Å². The smallest absolute Gasteiger partial charge is 0.151 e. The molecule has 0 fully saturated rings. The van der Waals surface area contributed by atoms with Crippen molar-refractivity contribution in [2.75, 3.05) is 9.80 Å². The Morgan fingerprint density at radius 1 is 0.540 bits per heavy atom. The number of allylic oxidation sites excluding steroid dienone is 6. The normalized spacial score (nSPS) is 13.1. The number of hydrogen-bond donors (Lipinski definition) is 0. The van der Waals surface area contributed by atoms with Gasteiger partial charge in [-0.1, -0.05) is 90.3 Å². The Balaban J connectivity index is 1.30. The lowest BCUT2D eigenvalue weighted by Crippen LogP contribution is -2.15. The minimum Gasteiger partial charge on any atom is -0.323 e. The lowest BCUT2D eigenvalue weighted by Gasteiger charge is -2.25. The molecule has 238 valence electrons. The Bertz CT molecular complexity index is 2350. The number of imidazole rings is 1. The molecule has 6 aromatic rings. The average molecular weight is 661 g/mol. The number of anilines is 4. The van der Waals surface area contributed by atoms with E-state index in [-0.39, 0.29) is 0 Å². The lowest BCUT2D eigenvalue weighted by atomic mass is 10.0. The first kappa shape index (κ1) is 30.8. The van der Waals surface area contributed by atoms with Crippen LogP contribution in [-0.4, -0.2) is 9.55 Å². The minimum atomic E-state index is 0.739. The summed E-state index contributed by atoms with van der Waals surface area (Å²) in [5, 5.41) is 2.09. The molecule has 2 aromatic heterocycles. The van der Waals surface area contributed by atoms with Crippen LogP contribution in [0.2, 0.25) is 0 Å². The van der Waals surface area contributed by atoms with Crippen LogP contribution >= 0.6 is 11.3 Å². The van der Waals surface area contributed by atoms with Crippen LogP contribution in [0.5, 0.6) is 0 Å². The van der Waals surface area contributed by atoms with Crippen molar-refractivity contribution in [2.45, 2.75) is 13.5 Å². The Morgan fingerprint density at radius 2 is 1.00 bits per heavy atom. The number of hydrogen-bond acceptors (Lipinski definition) is 4. The van der Waals surface area contributed by atoms with Crippen molar-refractivity contribution in [1.82, 2.24) is 9.55 Å². The molecule has 2 aliphatic rings. The van der Waals surface area contributed by atoms with Gasteiger partial charge < -0.3 is 14.4 Å². The summed E-state index contributed by atoms with van der Waals surface area (Å²) in [4.78, 5) is 10.8. The number of benzene rings is 4. The lowest BCUT2D eigenvalue weighted by molar-refractivity contribution is 0.762. The summed E-state index contributed by atoms with van der Waals surface area (Å²) in [7, 11) is 0. The third-order valence-corrected chi connectivity index (χ3v) is 9.41. The number of nitrogens with zero attached hydrogens (tertiary/aromatic N) is 4. The molecule has 0 aliphatic heterocycles. The van der Waals surface area contributed by atoms with E-state index in [2.05, 4.69) is 183 Å². The van der Waals surface area contributed by atoms with E-state index in [1.165, 1.54) is 0 Å². The molecule has 0 atom stereocenters. The van der Waals surface area contributed by atoms with Crippen molar-refractivity contribution >= 4 is 45.2 Å². The quantitative estimate of drug-likeness (QED) is 0.137. The van der Waals surface area contributed by atoms with Crippen molar-refractivity contribution in [3.63, 3.8) is 0 Å². The van der Waals surface area contributed by atoms with Crippen molar-refractivity contribution in [3.05, 3.63) is 209 Å². The van der Waals surface area contributed by atoms with Gasteiger partial charge in [-0.25, -0.2) is 4.98 Å². The molecule has 0 bridgehead atoms. The monoisotopic (exact) mass is 660 g/mol. The molecule has 0 spiro atoms. The van der Waals surface area contributed by atoms with Crippen LogP contribution in [0, 0.1) is 0 Å². The van der Waals surface area contributed by atoms with E-state index in [1.807, 2.05) is 24.3 Å². The van der Waals surface area contributed by atoms with E-state index in [1.54, 1.807) is 11.3 Å². The van der Waals surface area contributed by atoms with Gasteiger partial charge in [0.15, 0.2) is 5.82 Å². The maximum atomic E-state index is 5.28. The van der Waals surface area contributed by atoms with Gasteiger partial charge in [-0.05, 0) is 103 Å². The summed E-state index contributed by atoms with van der Waals surface area (Å²) in [6, 6.07) is 45.6. The Labute approximate surface area is 296 Å². The highest BCUT2D eigenvalue weighted by Crippen LogP contribution is 2.37. The van der Waals surface area contributed by atoms with Crippen LogP contribution in [0.25, 0.3) is 21.8 Å². The third-order valence-electron chi connectivity index (χ3n) is 8.54. The van der Waals surface area contributed by atoms with Crippen LogP contribution in [0.1, 0.15) is 18.3 Å². The molecular formula is C45H32N4S. The topological polar surface area (TPSA) is 24.3 Å². The fourth-order valence-electron chi connectivity index (χ4n) is 6.27. The zero-order valence-corrected chi connectivity index (χ0v) is 28.3. The van der Waals surface area contributed by atoms with Crippen molar-refractivity contribution in [3.8, 4) is 10.7 Å². The molecule has 4 aromatic carbocycles. The minimum absolute atomic E-state index is 0.739. The highest BCUT2D eigenvalue weighted by molar-refractivity contribution is 7.13. The molecule has 0 N–H and O–H groups in total. The van der Waals surface area contributed by atoms with Crippen molar-refractivity contribution < 1.29 is 0 Å². The molecule has 0 radical (unpaired) electrons. The highest BCUT2D eigenvalue weighted by Gasteiger charge is 2.24. The largest absolute Gasteiger partial charge is 0.323 e. The van der Waals surface area contributed by atoms with Crippen molar-refractivity contribution in [2.24, 2.45) is 0 Å². The molecule has 0 unspecified atom stereocenters. The Kier molecular flexibility index (Phi) is 8.56. The Hall–Kier alpha value is -6.53. The molecule has 0 saturated heterocycles. The first-order chi connectivity index (χ1) is 24.8. The number of para-hydroxylation sites is 4. The third kappa shape index (κ3) is 5.99. The molecule has 0 saturated carbocycles. The van der Waals surface area contributed by atoms with E-state index in [4.69, 9.17) is 4.98 Å². The van der Waals surface area contributed by atoms with Crippen LogP contribution < -0.4 is 9.80 Å². The highest BCUT2D eigenvalue weighted by atomic mass is 32.1.